The van der Waals surface area contributed by atoms with Crippen molar-refractivity contribution in [2.45, 2.75) is 70.3 Å². The van der Waals surface area contributed by atoms with E-state index >= 15 is 0 Å². The van der Waals surface area contributed by atoms with Gasteiger partial charge in [-0.05, 0) is 24.0 Å². The second-order valence-electron chi connectivity index (χ2n) is 9.66. The summed E-state index contributed by atoms with van der Waals surface area (Å²) in [6, 6.07) is 16.4. The summed E-state index contributed by atoms with van der Waals surface area (Å²) in [4.78, 5) is 11.3. The molecule has 0 amide bonds. The van der Waals surface area contributed by atoms with Crippen LogP contribution < -0.4 is 22.1 Å². The van der Waals surface area contributed by atoms with E-state index in [1.54, 1.807) is 60.7 Å². The monoisotopic (exact) mass is 550 g/mol. The first-order chi connectivity index (χ1) is 16.3. The quantitative estimate of drug-likeness (QED) is 0.258. The Morgan fingerprint density at radius 2 is 1.17 bits per heavy atom. The number of unbranched alkanes of at least 4 members (excludes halogenated alkanes) is 8. The van der Waals surface area contributed by atoms with Crippen molar-refractivity contribution >= 4 is 5.97 Å². The average molecular weight is 552 g/mol. The third-order valence-electron chi connectivity index (χ3n) is 6.25. The van der Waals surface area contributed by atoms with E-state index in [1.165, 1.54) is 64.3 Å². The highest BCUT2D eigenvalue weighted by Gasteiger charge is 2.32. The fraction of sp³-hybridized carbons (Fsp3) is 0.552. The Labute approximate surface area is 223 Å². The molecule has 2 aromatic rings. The molecule has 198 valence electrons. The molecule has 2 N–H and O–H groups in total. The lowest BCUT2D eigenvalue weighted by Gasteiger charge is -2.30. The smallest absolute Gasteiger partial charge is 0.154 e. The topological polar surface area (TPSA) is 80.6 Å². The van der Waals surface area contributed by atoms with E-state index in [-0.39, 0.29) is 28.1 Å². The molecule has 2 aromatic carbocycles. The van der Waals surface area contributed by atoms with Crippen LogP contribution in [0.5, 0.6) is 0 Å². The van der Waals surface area contributed by atoms with Gasteiger partial charge in [-0.3, -0.25) is 0 Å². The van der Waals surface area contributed by atoms with E-state index in [9.17, 15) is 15.0 Å². The molecular weight excluding hydrogens is 506 g/mol. The molecule has 0 aromatic heterocycles. The highest BCUT2D eigenvalue weighted by atomic mass is 79.9. The maximum atomic E-state index is 11.3. The Hall–Kier alpha value is -1.73. The van der Waals surface area contributed by atoms with Crippen molar-refractivity contribution in [2.75, 3.05) is 33.8 Å². The number of benzene rings is 2. The zero-order valence-corrected chi connectivity index (χ0v) is 23.4. The van der Waals surface area contributed by atoms with Crippen molar-refractivity contribution < 1.29 is 41.6 Å². The van der Waals surface area contributed by atoms with Crippen molar-refractivity contribution in [3.8, 4) is 0 Å². The van der Waals surface area contributed by atoms with Gasteiger partial charge in [-0.1, -0.05) is 113 Å². The second-order valence-corrected chi connectivity index (χ2v) is 9.66. The van der Waals surface area contributed by atoms with Crippen LogP contribution in [0.3, 0.4) is 0 Å². The summed E-state index contributed by atoms with van der Waals surface area (Å²) >= 11 is 0. The maximum Gasteiger partial charge on any atom is 0.154 e. The average Bonchev–Trinajstić information content (AvgIpc) is 2.84. The molecule has 0 atom stereocenters. The van der Waals surface area contributed by atoms with Crippen LogP contribution >= 0.6 is 0 Å². The lowest BCUT2D eigenvalue weighted by Crippen LogP contribution is -3.00. The third kappa shape index (κ3) is 12.7. The van der Waals surface area contributed by atoms with Crippen molar-refractivity contribution in [2.24, 2.45) is 0 Å². The minimum Gasteiger partial charge on any atom is -1.00 e. The van der Waals surface area contributed by atoms with Crippen LogP contribution in [0.4, 0.5) is 0 Å². The lowest BCUT2D eigenvalue weighted by molar-refractivity contribution is -0.890. The molecule has 0 aliphatic rings. The first kappa shape index (κ1) is 33.3. The molecule has 0 aliphatic carbocycles. The first-order valence-electron chi connectivity index (χ1n) is 12.8. The molecule has 0 heterocycles. The number of aliphatic hydroxyl groups is 2. The molecule has 35 heavy (non-hydrogen) atoms. The van der Waals surface area contributed by atoms with Crippen LogP contribution in [0.25, 0.3) is 0 Å². The van der Waals surface area contributed by atoms with Gasteiger partial charge in [0.25, 0.3) is 0 Å². The molecule has 0 fully saturated rings. The van der Waals surface area contributed by atoms with Crippen LogP contribution in [0.15, 0.2) is 60.7 Å². The third-order valence-corrected chi connectivity index (χ3v) is 6.25. The van der Waals surface area contributed by atoms with E-state index in [0.717, 1.165) is 11.0 Å². The summed E-state index contributed by atoms with van der Waals surface area (Å²) in [5, 5.41) is 30.6. The molecule has 6 heteroatoms. The summed E-state index contributed by atoms with van der Waals surface area (Å²) in [7, 11) is 4.42. The Balaban J connectivity index is 0.000000642. The summed E-state index contributed by atoms with van der Waals surface area (Å²) in [6.45, 7) is 4.67. The van der Waals surface area contributed by atoms with Crippen LogP contribution in [0.1, 0.15) is 75.8 Å². The van der Waals surface area contributed by atoms with Gasteiger partial charge in [0.15, 0.2) is 5.60 Å². The largest absolute Gasteiger partial charge is 1.00 e. The molecule has 5 nitrogen and oxygen atoms in total. The first-order valence-corrected chi connectivity index (χ1v) is 12.8. The summed E-state index contributed by atoms with van der Waals surface area (Å²) < 4.78 is 0.965. The fourth-order valence-electron chi connectivity index (χ4n) is 3.99. The van der Waals surface area contributed by atoms with Gasteiger partial charge < -0.3 is 41.6 Å². The van der Waals surface area contributed by atoms with Crippen LogP contribution in [-0.2, 0) is 10.4 Å². The minimum atomic E-state index is -2.11. The van der Waals surface area contributed by atoms with Crippen LogP contribution in [-0.4, -0.2) is 54.5 Å². The van der Waals surface area contributed by atoms with E-state index in [4.69, 9.17) is 5.11 Å². The number of aliphatic hydroxyl groups excluding tert-OH is 1. The molecular formula is C29H45BrNO4-. The number of carbonyl (C=O) groups excluding carboxylic acids is 1. The van der Waals surface area contributed by atoms with Gasteiger partial charge in [-0.25, -0.2) is 0 Å². The lowest BCUT2D eigenvalue weighted by atomic mass is 9.86. The SMILES string of the molecule is CCCCCCCCCCC[N+](C)(C)CCO.O=C([O-])C(O)(c1ccccc1)c1ccccc1.[Br-]. The van der Waals surface area contributed by atoms with Crippen LogP contribution in [0, 0.1) is 0 Å². The number of rotatable bonds is 15. The number of carboxylic acid groups (broad SMARTS) is 1. The number of likely N-dealkylation sites (N-methyl/N-ethyl adjacent to an activating group) is 1. The van der Waals surface area contributed by atoms with Gasteiger partial charge in [-0.15, -0.1) is 0 Å². The molecule has 0 saturated carbocycles. The Morgan fingerprint density at radius 3 is 1.54 bits per heavy atom. The number of nitrogens with zero attached hydrogens (tertiary/aromatic N) is 1. The number of hydrogen-bond acceptors (Lipinski definition) is 4. The zero-order chi connectivity index (χ0) is 25.3. The molecule has 0 radical (unpaired) electrons. The van der Waals surface area contributed by atoms with E-state index in [2.05, 4.69) is 21.0 Å². The number of hydrogen-bond donors (Lipinski definition) is 2. The van der Waals surface area contributed by atoms with Gasteiger partial charge in [0.2, 0.25) is 0 Å². The number of halogens is 1. The van der Waals surface area contributed by atoms with Crippen LogP contribution in [0.2, 0.25) is 0 Å². The zero-order valence-electron chi connectivity index (χ0n) is 21.8. The fourth-order valence-corrected chi connectivity index (χ4v) is 3.99. The minimum absolute atomic E-state index is 0. The van der Waals surface area contributed by atoms with Gasteiger partial charge >= 0.3 is 0 Å². The summed E-state index contributed by atoms with van der Waals surface area (Å²) in [5.74, 6) is -1.53. The highest BCUT2D eigenvalue weighted by Crippen LogP contribution is 2.28. The molecule has 2 rings (SSSR count). The number of quaternary nitrogens is 1. The maximum absolute atomic E-state index is 11.3. The van der Waals surface area contributed by atoms with E-state index in [0.29, 0.717) is 6.61 Å². The van der Waals surface area contributed by atoms with Gasteiger partial charge in [0.1, 0.15) is 6.54 Å². The second kappa shape index (κ2) is 18.5. The Bertz CT molecular complexity index is 744. The molecule has 0 spiro atoms. The van der Waals surface area contributed by atoms with Gasteiger partial charge in [-0.2, -0.15) is 0 Å². The number of carboxylic acids is 1. The predicted molar refractivity (Wildman–Crippen MR) is 137 cm³/mol. The number of carbonyl (C=O) groups is 1. The summed E-state index contributed by atoms with van der Waals surface area (Å²) in [6.07, 6.45) is 12.5. The molecule has 0 bridgehead atoms. The van der Waals surface area contributed by atoms with Crippen molar-refractivity contribution in [1.29, 1.82) is 0 Å². The highest BCUT2D eigenvalue weighted by molar-refractivity contribution is 5.81. The van der Waals surface area contributed by atoms with Gasteiger partial charge in [0, 0.05) is 0 Å². The van der Waals surface area contributed by atoms with Gasteiger partial charge in [0.05, 0.1) is 33.2 Å². The normalized spacial score (nSPS) is 11.2. The van der Waals surface area contributed by atoms with Crippen molar-refractivity contribution in [1.82, 2.24) is 0 Å². The molecule has 0 saturated heterocycles. The molecule has 0 unspecified atom stereocenters. The van der Waals surface area contributed by atoms with Crippen molar-refractivity contribution in [3.05, 3.63) is 71.8 Å². The molecule has 0 aliphatic heterocycles. The Kier molecular flexibility index (Phi) is 17.6. The summed E-state index contributed by atoms with van der Waals surface area (Å²) in [5.41, 5.74) is -1.54. The predicted octanol–water partition coefficient (Wildman–Crippen LogP) is 1.26. The standard InChI is InChI=1S/C15H34NO.C14H12O3.BrH/c1-4-5-6-7-8-9-10-11-12-13-16(2,3)14-15-17;15-13(16)14(17,11-7-3-1-4-8-11)12-9-5-2-6-10-12;/h17H,4-15H2,1-3H3;1-10,17H,(H,15,16);1H/q+1;;/p-2. The van der Waals surface area contributed by atoms with Crippen molar-refractivity contribution in [3.63, 3.8) is 0 Å². The van der Waals surface area contributed by atoms with E-state index < -0.39 is 11.6 Å². The number of aliphatic carboxylic acids is 1. The van der Waals surface area contributed by atoms with E-state index in [1.807, 2.05) is 0 Å². The Morgan fingerprint density at radius 1 is 0.771 bits per heavy atom.